The summed E-state index contributed by atoms with van der Waals surface area (Å²) in [4.78, 5) is 0. The van der Waals surface area contributed by atoms with Crippen LogP contribution in [0.3, 0.4) is 0 Å². The summed E-state index contributed by atoms with van der Waals surface area (Å²) in [7, 11) is 1.83. The van der Waals surface area contributed by atoms with Gasteiger partial charge in [-0.2, -0.15) is 0 Å². The monoisotopic (exact) mass is 130 g/mol. The summed E-state index contributed by atoms with van der Waals surface area (Å²) in [5.74, 6) is 5.42. The highest BCUT2D eigenvalue weighted by Gasteiger charge is 2.42. The molecule has 9 heavy (non-hydrogen) atoms. The third-order valence-electron chi connectivity index (χ3n) is 1.88. The van der Waals surface area contributed by atoms with Gasteiger partial charge in [-0.1, -0.05) is 0 Å². The van der Waals surface area contributed by atoms with E-state index in [1.54, 1.807) is 5.01 Å². The van der Waals surface area contributed by atoms with Crippen LogP contribution < -0.4 is 5.84 Å². The van der Waals surface area contributed by atoms with Crippen LogP contribution in [0.25, 0.3) is 0 Å². The molecule has 0 heterocycles. The van der Waals surface area contributed by atoms with E-state index >= 15 is 0 Å². The van der Waals surface area contributed by atoms with Crippen molar-refractivity contribution in [3.05, 3.63) is 0 Å². The summed E-state index contributed by atoms with van der Waals surface area (Å²) in [5, 5.41) is 10.5. The van der Waals surface area contributed by atoms with Crippen molar-refractivity contribution in [1.29, 1.82) is 0 Å². The van der Waals surface area contributed by atoms with E-state index in [0.29, 0.717) is 0 Å². The maximum Gasteiger partial charge on any atom is 0.0500 e. The number of hydrazine groups is 1. The van der Waals surface area contributed by atoms with E-state index in [4.69, 9.17) is 10.9 Å². The van der Waals surface area contributed by atoms with Gasteiger partial charge in [0.1, 0.15) is 0 Å². The van der Waals surface area contributed by atoms with Gasteiger partial charge >= 0.3 is 0 Å². The normalized spacial score (nSPS) is 22.7. The van der Waals surface area contributed by atoms with Crippen molar-refractivity contribution in [3.8, 4) is 0 Å². The summed E-state index contributed by atoms with van der Waals surface area (Å²) in [6.45, 7) is 1.11. The molecule has 1 fully saturated rings. The van der Waals surface area contributed by atoms with Crippen molar-refractivity contribution in [2.24, 2.45) is 11.3 Å². The Morgan fingerprint density at radius 2 is 2.22 bits per heavy atom. The molecule has 0 unspecified atom stereocenters. The number of rotatable bonds is 3. The van der Waals surface area contributed by atoms with Gasteiger partial charge in [0.25, 0.3) is 0 Å². The molecule has 0 radical (unpaired) electrons. The Bertz CT molecular complexity index is 99.2. The minimum atomic E-state index is 0.170. The molecule has 1 saturated carbocycles. The van der Waals surface area contributed by atoms with Crippen molar-refractivity contribution in [1.82, 2.24) is 5.01 Å². The fraction of sp³-hybridized carbons (Fsp3) is 1.00. The van der Waals surface area contributed by atoms with Crippen LogP contribution in [-0.4, -0.2) is 30.3 Å². The first kappa shape index (κ1) is 6.99. The van der Waals surface area contributed by atoms with Gasteiger partial charge < -0.3 is 5.11 Å². The van der Waals surface area contributed by atoms with Gasteiger partial charge in [-0.05, 0) is 12.8 Å². The number of nitrogens with two attached hydrogens (primary N) is 1. The van der Waals surface area contributed by atoms with E-state index < -0.39 is 0 Å². The van der Waals surface area contributed by atoms with Crippen molar-refractivity contribution >= 4 is 0 Å². The number of nitrogens with zero attached hydrogens (tertiary/aromatic N) is 1. The second kappa shape index (κ2) is 2.25. The third kappa shape index (κ3) is 1.64. The van der Waals surface area contributed by atoms with Gasteiger partial charge in [0.15, 0.2) is 0 Å². The molecule has 0 aromatic carbocycles. The molecule has 0 amide bonds. The summed E-state index contributed by atoms with van der Waals surface area (Å²) >= 11 is 0. The second-order valence-electron chi connectivity index (χ2n) is 3.07. The van der Waals surface area contributed by atoms with Crippen molar-refractivity contribution in [2.75, 3.05) is 20.2 Å². The van der Waals surface area contributed by atoms with E-state index in [1.807, 2.05) is 7.05 Å². The Labute approximate surface area is 55.4 Å². The number of hydrogen-bond acceptors (Lipinski definition) is 3. The fourth-order valence-corrected chi connectivity index (χ4v) is 1.07. The molecule has 0 saturated heterocycles. The third-order valence-corrected chi connectivity index (χ3v) is 1.88. The quantitative estimate of drug-likeness (QED) is 0.402. The average Bonchev–Trinajstić information content (AvgIpc) is 2.48. The maximum absolute atomic E-state index is 8.82. The molecule has 0 aromatic heterocycles. The van der Waals surface area contributed by atoms with E-state index in [-0.39, 0.29) is 12.0 Å². The van der Waals surface area contributed by atoms with Crippen LogP contribution in [0.5, 0.6) is 0 Å². The zero-order chi connectivity index (χ0) is 6.91. The SMILES string of the molecule is CN(N)CC1(CO)CC1. The van der Waals surface area contributed by atoms with Crippen molar-refractivity contribution in [3.63, 3.8) is 0 Å². The van der Waals surface area contributed by atoms with Crippen LogP contribution in [0.4, 0.5) is 0 Å². The molecule has 3 nitrogen and oxygen atoms in total. The zero-order valence-corrected chi connectivity index (χ0v) is 5.80. The molecule has 3 heteroatoms. The van der Waals surface area contributed by atoms with Gasteiger partial charge in [-0.15, -0.1) is 0 Å². The highest BCUT2D eigenvalue weighted by atomic mass is 16.3. The molecule has 0 spiro atoms. The summed E-state index contributed by atoms with van der Waals surface area (Å²) in [6.07, 6.45) is 2.26. The lowest BCUT2D eigenvalue weighted by Crippen LogP contribution is -2.34. The van der Waals surface area contributed by atoms with Gasteiger partial charge in [0.05, 0.1) is 0 Å². The summed E-state index contributed by atoms with van der Waals surface area (Å²) in [6, 6.07) is 0. The molecule has 1 aliphatic rings. The minimum absolute atomic E-state index is 0.170. The van der Waals surface area contributed by atoms with E-state index in [2.05, 4.69) is 0 Å². The molecule has 0 bridgehead atoms. The first-order valence-corrected chi connectivity index (χ1v) is 3.25. The highest BCUT2D eigenvalue weighted by molar-refractivity contribution is 4.93. The number of aliphatic hydroxyl groups is 1. The van der Waals surface area contributed by atoms with Crippen LogP contribution >= 0.6 is 0 Å². The van der Waals surface area contributed by atoms with Crippen molar-refractivity contribution in [2.45, 2.75) is 12.8 Å². The van der Waals surface area contributed by atoms with Gasteiger partial charge in [0, 0.05) is 25.6 Å². The Hall–Kier alpha value is -0.120. The van der Waals surface area contributed by atoms with Crippen LogP contribution in [0.15, 0.2) is 0 Å². The van der Waals surface area contributed by atoms with Gasteiger partial charge in [-0.25, -0.2) is 5.01 Å². The Kier molecular flexibility index (Phi) is 1.75. The molecule has 0 aromatic rings. The minimum Gasteiger partial charge on any atom is -0.396 e. The lowest BCUT2D eigenvalue weighted by atomic mass is 10.1. The Morgan fingerprint density at radius 3 is 2.33 bits per heavy atom. The molecule has 54 valence electrons. The van der Waals surface area contributed by atoms with Crippen LogP contribution in [-0.2, 0) is 0 Å². The van der Waals surface area contributed by atoms with Gasteiger partial charge in [0.2, 0.25) is 0 Å². The average molecular weight is 130 g/mol. The maximum atomic E-state index is 8.82. The topological polar surface area (TPSA) is 49.5 Å². The zero-order valence-electron chi connectivity index (χ0n) is 5.80. The molecular formula is C6H14N2O. The molecule has 0 aliphatic heterocycles. The Morgan fingerprint density at radius 1 is 1.67 bits per heavy atom. The van der Waals surface area contributed by atoms with Crippen LogP contribution in [0, 0.1) is 5.41 Å². The number of aliphatic hydroxyl groups excluding tert-OH is 1. The number of hydrogen-bond donors (Lipinski definition) is 2. The molecule has 3 N–H and O–H groups in total. The van der Waals surface area contributed by atoms with Crippen LogP contribution in [0.1, 0.15) is 12.8 Å². The summed E-state index contributed by atoms with van der Waals surface area (Å²) in [5.41, 5.74) is 0.170. The lowest BCUT2D eigenvalue weighted by Gasteiger charge is -2.16. The Balaban J connectivity index is 2.25. The predicted octanol–water partition coefficient (Wildman–Crippen LogP) is -0.436. The highest BCUT2D eigenvalue weighted by Crippen LogP contribution is 2.44. The molecule has 1 aliphatic carbocycles. The second-order valence-corrected chi connectivity index (χ2v) is 3.07. The van der Waals surface area contributed by atoms with E-state index in [0.717, 1.165) is 19.4 Å². The van der Waals surface area contributed by atoms with E-state index in [9.17, 15) is 0 Å². The summed E-state index contributed by atoms with van der Waals surface area (Å²) < 4.78 is 0. The van der Waals surface area contributed by atoms with E-state index in [1.165, 1.54) is 0 Å². The first-order valence-electron chi connectivity index (χ1n) is 3.25. The molecule has 0 atom stereocenters. The van der Waals surface area contributed by atoms with Gasteiger partial charge in [-0.3, -0.25) is 5.84 Å². The first-order chi connectivity index (χ1) is 4.18. The van der Waals surface area contributed by atoms with Crippen molar-refractivity contribution < 1.29 is 5.11 Å². The largest absolute Gasteiger partial charge is 0.396 e. The standard InChI is InChI=1S/C6H14N2O/c1-8(7)4-6(5-9)2-3-6/h9H,2-5,7H2,1H3. The van der Waals surface area contributed by atoms with Crippen LogP contribution in [0.2, 0.25) is 0 Å². The fourth-order valence-electron chi connectivity index (χ4n) is 1.07. The smallest absolute Gasteiger partial charge is 0.0500 e. The predicted molar refractivity (Wildman–Crippen MR) is 35.6 cm³/mol. The lowest BCUT2D eigenvalue weighted by molar-refractivity contribution is 0.165. The molecular weight excluding hydrogens is 116 g/mol. The molecule has 1 rings (SSSR count).